The van der Waals surface area contributed by atoms with Crippen molar-refractivity contribution in [2.75, 3.05) is 26.2 Å². The van der Waals surface area contributed by atoms with Gasteiger partial charge in [0.15, 0.2) is 0 Å². The third kappa shape index (κ3) is 19.0. The van der Waals surface area contributed by atoms with Crippen LogP contribution >= 0.6 is 0 Å². The van der Waals surface area contributed by atoms with Crippen molar-refractivity contribution in [1.29, 1.82) is 0 Å². The first-order valence-corrected chi connectivity index (χ1v) is 5.48. The van der Waals surface area contributed by atoms with Gasteiger partial charge < -0.3 is 26.4 Å². The molecule has 98 valence electrons. The van der Waals surface area contributed by atoms with Gasteiger partial charge in [0.25, 0.3) is 0 Å². The molecule has 0 aromatic rings. The second kappa shape index (κ2) is 14.3. The van der Waals surface area contributed by atoms with Gasteiger partial charge in [0.2, 0.25) is 0 Å². The van der Waals surface area contributed by atoms with E-state index in [0.29, 0.717) is 0 Å². The Labute approximate surface area is 96.5 Å². The number of nitrogens with two attached hydrogens (primary N) is 1. The molecule has 0 bridgehead atoms. The van der Waals surface area contributed by atoms with Gasteiger partial charge in [-0.2, -0.15) is 0 Å². The fourth-order valence-electron chi connectivity index (χ4n) is 0.723. The Bertz CT molecular complexity index is 146. The first-order valence-electron chi connectivity index (χ1n) is 5.48. The van der Waals surface area contributed by atoms with Crippen molar-refractivity contribution in [3.8, 4) is 0 Å². The van der Waals surface area contributed by atoms with Crippen molar-refractivity contribution < 1.29 is 20.1 Å². The molecular formula is C10H24N2O4. The lowest BCUT2D eigenvalue weighted by molar-refractivity contribution is -0.145. The van der Waals surface area contributed by atoms with E-state index in [4.69, 9.17) is 21.1 Å². The minimum Gasteiger partial charge on any atom is -0.479 e. The van der Waals surface area contributed by atoms with E-state index in [0.717, 1.165) is 38.9 Å². The van der Waals surface area contributed by atoms with Crippen molar-refractivity contribution in [3.05, 3.63) is 0 Å². The number of aliphatic hydroxyl groups excluding tert-OH is 2. The zero-order valence-electron chi connectivity index (χ0n) is 9.85. The molecule has 0 aromatic heterocycles. The average molecular weight is 236 g/mol. The van der Waals surface area contributed by atoms with Crippen LogP contribution in [-0.2, 0) is 4.79 Å². The topological polar surface area (TPSA) is 116 Å². The molecular weight excluding hydrogens is 212 g/mol. The molecule has 6 N–H and O–H groups in total. The number of carboxylic acids is 1. The molecule has 0 aliphatic heterocycles. The smallest absolute Gasteiger partial charge is 0.332 e. The SMILES string of the molecule is CC(O)C(=O)O.NCCCCNCCCO. The van der Waals surface area contributed by atoms with Crippen molar-refractivity contribution in [3.63, 3.8) is 0 Å². The zero-order valence-corrected chi connectivity index (χ0v) is 9.85. The maximum Gasteiger partial charge on any atom is 0.332 e. The summed E-state index contributed by atoms with van der Waals surface area (Å²) in [6.45, 7) is 4.20. The van der Waals surface area contributed by atoms with Gasteiger partial charge in [0.1, 0.15) is 6.10 Å². The monoisotopic (exact) mass is 236 g/mol. The Balaban J connectivity index is 0. The highest BCUT2D eigenvalue weighted by atomic mass is 16.4. The molecule has 16 heavy (non-hydrogen) atoms. The van der Waals surface area contributed by atoms with E-state index in [1.165, 1.54) is 6.92 Å². The fraction of sp³-hybridized carbons (Fsp3) is 0.900. The number of aliphatic carboxylic acids is 1. The number of aliphatic hydroxyl groups is 2. The first-order chi connectivity index (χ1) is 7.56. The average Bonchev–Trinajstić information content (AvgIpc) is 2.24. The third-order valence-corrected chi connectivity index (χ3v) is 1.68. The quantitative estimate of drug-likeness (QED) is 0.351. The summed E-state index contributed by atoms with van der Waals surface area (Å²) in [7, 11) is 0. The highest BCUT2D eigenvalue weighted by Gasteiger charge is 2.01. The summed E-state index contributed by atoms with van der Waals surface area (Å²) in [5, 5.41) is 27.4. The minimum atomic E-state index is -1.23. The van der Waals surface area contributed by atoms with Gasteiger partial charge in [-0.25, -0.2) is 4.79 Å². The molecule has 1 atom stereocenters. The summed E-state index contributed by atoms with van der Waals surface area (Å²) in [6.07, 6.45) is 1.85. The van der Waals surface area contributed by atoms with Crippen LogP contribution in [-0.4, -0.2) is 53.6 Å². The van der Waals surface area contributed by atoms with E-state index in [1.807, 2.05) is 0 Å². The lowest BCUT2D eigenvalue weighted by Crippen LogP contribution is -2.18. The van der Waals surface area contributed by atoms with E-state index >= 15 is 0 Å². The Hall–Kier alpha value is -0.690. The Kier molecular flexibility index (Phi) is 15.8. The lowest BCUT2D eigenvalue weighted by Gasteiger charge is -2.00. The van der Waals surface area contributed by atoms with Crippen LogP contribution in [0.5, 0.6) is 0 Å². The highest BCUT2D eigenvalue weighted by Crippen LogP contribution is 1.82. The number of nitrogens with one attached hydrogen (secondary N) is 1. The van der Waals surface area contributed by atoms with Crippen LogP contribution in [0.3, 0.4) is 0 Å². The van der Waals surface area contributed by atoms with Crippen molar-refractivity contribution >= 4 is 5.97 Å². The first kappa shape index (κ1) is 17.7. The van der Waals surface area contributed by atoms with E-state index in [2.05, 4.69) is 5.32 Å². The summed E-state index contributed by atoms with van der Waals surface area (Å²) in [6, 6.07) is 0. The van der Waals surface area contributed by atoms with Crippen molar-refractivity contribution in [1.82, 2.24) is 5.32 Å². The Morgan fingerprint density at radius 1 is 1.31 bits per heavy atom. The minimum absolute atomic E-state index is 0.282. The Morgan fingerprint density at radius 3 is 2.19 bits per heavy atom. The van der Waals surface area contributed by atoms with Crippen LogP contribution < -0.4 is 11.1 Å². The van der Waals surface area contributed by atoms with Crippen LogP contribution in [0.25, 0.3) is 0 Å². The summed E-state index contributed by atoms with van der Waals surface area (Å²) < 4.78 is 0. The molecule has 1 unspecified atom stereocenters. The van der Waals surface area contributed by atoms with Gasteiger partial charge in [-0.15, -0.1) is 0 Å². The second-order valence-corrected chi connectivity index (χ2v) is 3.34. The number of unbranched alkanes of at least 4 members (excludes halogenated alkanes) is 1. The van der Waals surface area contributed by atoms with E-state index in [9.17, 15) is 4.79 Å². The normalized spacial score (nSPS) is 11.5. The lowest BCUT2D eigenvalue weighted by atomic mass is 10.3. The predicted molar refractivity (Wildman–Crippen MR) is 62.2 cm³/mol. The van der Waals surface area contributed by atoms with E-state index < -0.39 is 12.1 Å². The molecule has 0 aliphatic carbocycles. The molecule has 0 fully saturated rings. The molecule has 0 saturated carbocycles. The standard InChI is InChI=1S/C7H18N2O.C3H6O3/c8-4-1-2-5-9-6-3-7-10;1-2(4)3(5)6/h9-10H,1-8H2;2,4H,1H3,(H,5,6). The third-order valence-electron chi connectivity index (χ3n) is 1.68. The number of carboxylic acid groups (broad SMARTS) is 1. The van der Waals surface area contributed by atoms with Gasteiger partial charge in [-0.1, -0.05) is 0 Å². The molecule has 0 saturated heterocycles. The Morgan fingerprint density at radius 2 is 1.81 bits per heavy atom. The molecule has 6 heteroatoms. The summed E-state index contributed by atoms with van der Waals surface area (Å²) >= 11 is 0. The van der Waals surface area contributed by atoms with Gasteiger partial charge in [-0.3, -0.25) is 0 Å². The summed E-state index contributed by atoms with van der Waals surface area (Å²) in [5.74, 6) is -1.19. The molecule has 0 radical (unpaired) electrons. The van der Waals surface area contributed by atoms with Gasteiger partial charge >= 0.3 is 5.97 Å². The van der Waals surface area contributed by atoms with Crippen molar-refractivity contribution in [2.24, 2.45) is 5.73 Å². The van der Waals surface area contributed by atoms with Gasteiger partial charge in [-0.05, 0) is 45.8 Å². The number of hydrogen-bond acceptors (Lipinski definition) is 5. The van der Waals surface area contributed by atoms with Crippen LogP contribution in [0.15, 0.2) is 0 Å². The predicted octanol–water partition coefficient (Wildman–Crippen LogP) is -0.851. The zero-order chi connectivity index (χ0) is 12.8. The van der Waals surface area contributed by atoms with Gasteiger partial charge in [0.05, 0.1) is 0 Å². The van der Waals surface area contributed by atoms with Crippen LogP contribution in [0.2, 0.25) is 0 Å². The molecule has 0 aromatic carbocycles. The van der Waals surface area contributed by atoms with Gasteiger partial charge in [0, 0.05) is 6.61 Å². The van der Waals surface area contributed by atoms with Crippen LogP contribution in [0.1, 0.15) is 26.2 Å². The van der Waals surface area contributed by atoms with Crippen LogP contribution in [0.4, 0.5) is 0 Å². The maximum absolute atomic E-state index is 9.45. The molecule has 0 heterocycles. The van der Waals surface area contributed by atoms with E-state index in [-0.39, 0.29) is 6.61 Å². The fourth-order valence-corrected chi connectivity index (χ4v) is 0.723. The molecule has 6 nitrogen and oxygen atoms in total. The molecule has 0 aliphatic rings. The summed E-state index contributed by atoms with van der Waals surface area (Å²) in [5.41, 5.74) is 5.30. The molecule has 0 amide bonds. The largest absolute Gasteiger partial charge is 0.479 e. The second-order valence-electron chi connectivity index (χ2n) is 3.34. The maximum atomic E-state index is 9.45. The summed E-state index contributed by atoms with van der Waals surface area (Å²) in [4.78, 5) is 9.45. The number of hydrogen-bond donors (Lipinski definition) is 5. The van der Waals surface area contributed by atoms with Crippen LogP contribution in [0, 0.1) is 0 Å². The van der Waals surface area contributed by atoms with Crippen molar-refractivity contribution in [2.45, 2.75) is 32.3 Å². The molecule has 0 rings (SSSR count). The number of rotatable bonds is 8. The highest BCUT2D eigenvalue weighted by molar-refractivity contribution is 5.71. The van der Waals surface area contributed by atoms with E-state index in [1.54, 1.807) is 0 Å². The molecule has 0 spiro atoms. The number of carbonyl (C=O) groups is 1.